The Balaban J connectivity index is 2.10. The van der Waals surface area contributed by atoms with Gasteiger partial charge in [-0.05, 0) is 75.8 Å². The average molecular weight is 426 g/mol. The first-order chi connectivity index (χ1) is 14.7. The first kappa shape index (κ1) is 24.4. The Hall–Kier alpha value is -2.86. The number of hydrogen-bond acceptors (Lipinski definition) is 4. The Kier molecular flexibility index (Phi) is 8.63. The Morgan fingerprint density at radius 3 is 2.06 bits per heavy atom. The van der Waals surface area contributed by atoms with E-state index in [1.165, 1.54) is 0 Å². The summed E-state index contributed by atoms with van der Waals surface area (Å²) in [4.78, 5) is 27.3. The Morgan fingerprint density at radius 2 is 1.55 bits per heavy atom. The van der Waals surface area contributed by atoms with E-state index in [1.54, 1.807) is 31.4 Å². The van der Waals surface area contributed by atoms with Crippen LogP contribution in [0.4, 0.5) is 0 Å². The summed E-state index contributed by atoms with van der Waals surface area (Å²) in [5, 5.41) is 5.97. The van der Waals surface area contributed by atoms with Crippen molar-refractivity contribution in [1.29, 1.82) is 0 Å². The highest BCUT2D eigenvalue weighted by Crippen LogP contribution is 2.24. The van der Waals surface area contributed by atoms with Crippen molar-refractivity contribution in [2.24, 2.45) is 0 Å². The monoisotopic (exact) mass is 425 g/mol. The van der Waals surface area contributed by atoms with Gasteiger partial charge in [0.05, 0.1) is 13.2 Å². The third-order valence-electron chi connectivity index (χ3n) is 5.09. The Bertz CT molecular complexity index is 868. The Labute approximate surface area is 186 Å². The van der Waals surface area contributed by atoms with Crippen LogP contribution in [-0.2, 0) is 0 Å². The van der Waals surface area contributed by atoms with E-state index in [9.17, 15) is 9.59 Å². The van der Waals surface area contributed by atoms with Gasteiger partial charge in [-0.15, -0.1) is 0 Å². The van der Waals surface area contributed by atoms with Gasteiger partial charge in [-0.25, -0.2) is 0 Å². The van der Waals surface area contributed by atoms with Crippen molar-refractivity contribution < 1.29 is 14.3 Å². The molecule has 2 aromatic rings. The van der Waals surface area contributed by atoms with Gasteiger partial charge in [-0.3, -0.25) is 14.5 Å². The first-order valence-electron chi connectivity index (χ1n) is 10.8. The minimum absolute atomic E-state index is 0.0332. The minimum Gasteiger partial charge on any atom is -0.497 e. The SMILES string of the molecule is CCN(CC)C(CNC(=O)c1ccc(C(=O)NC(C)(C)C)cc1)c1cccc(OC)c1. The summed E-state index contributed by atoms with van der Waals surface area (Å²) in [6, 6.07) is 14.7. The van der Waals surface area contributed by atoms with Crippen LogP contribution < -0.4 is 15.4 Å². The molecular formula is C25H35N3O3. The van der Waals surface area contributed by atoms with Gasteiger partial charge in [0, 0.05) is 23.2 Å². The second kappa shape index (κ2) is 11.0. The molecule has 0 aliphatic carbocycles. The van der Waals surface area contributed by atoms with Crippen LogP contribution in [0.3, 0.4) is 0 Å². The third kappa shape index (κ3) is 7.10. The summed E-state index contributed by atoms with van der Waals surface area (Å²) in [5.41, 5.74) is 1.84. The van der Waals surface area contributed by atoms with Crippen LogP contribution in [0.5, 0.6) is 5.75 Å². The second-order valence-electron chi connectivity index (χ2n) is 8.51. The van der Waals surface area contributed by atoms with Crippen molar-refractivity contribution in [2.75, 3.05) is 26.7 Å². The fraction of sp³-hybridized carbons (Fsp3) is 0.440. The summed E-state index contributed by atoms with van der Waals surface area (Å²) in [7, 11) is 1.65. The predicted molar refractivity (Wildman–Crippen MR) is 125 cm³/mol. The molecule has 6 heteroatoms. The molecule has 1 unspecified atom stereocenters. The maximum atomic E-state index is 12.8. The number of amides is 2. The zero-order chi connectivity index (χ0) is 23.0. The van der Waals surface area contributed by atoms with Crippen molar-refractivity contribution in [3.63, 3.8) is 0 Å². The lowest BCUT2D eigenvalue weighted by Crippen LogP contribution is -2.40. The molecule has 2 N–H and O–H groups in total. The third-order valence-corrected chi connectivity index (χ3v) is 5.09. The van der Waals surface area contributed by atoms with Gasteiger partial charge in [-0.1, -0.05) is 26.0 Å². The molecule has 1 atom stereocenters. The normalized spacial score (nSPS) is 12.4. The van der Waals surface area contributed by atoms with E-state index >= 15 is 0 Å². The fourth-order valence-corrected chi connectivity index (χ4v) is 3.45. The molecule has 0 fully saturated rings. The molecule has 168 valence electrons. The van der Waals surface area contributed by atoms with Crippen LogP contribution in [0.25, 0.3) is 0 Å². The zero-order valence-electron chi connectivity index (χ0n) is 19.5. The number of carbonyl (C=O) groups is 2. The number of hydrogen-bond donors (Lipinski definition) is 2. The molecular weight excluding hydrogens is 390 g/mol. The van der Waals surface area contributed by atoms with E-state index in [0.717, 1.165) is 24.4 Å². The fourth-order valence-electron chi connectivity index (χ4n) is 3.45. The van der Waals surface area contributed by atoms with E-state index in [-0.39, 0.29) is 23.4 Å². The van der Waals surface area contributed by atoms with Gasteiger partial charge in [-0.2, -0.15) is 0 Å². The van der Waals surface area contributed by atoms with Crippen molar-refractivity contribution in [3.05, 3.63) is 65.2 Å². The van der Waals surface area contributed by atoms with E-state index in [2.05, 4.69) is 35.4 Å². The van der Waals surface area contributed by atoms with Gasteiger partial charge in [0.1, 0.15) is 5.75 Å². The molecule has 6 nitrogen and oxygen atoms in total. The number of nitrogens with one attached hydrogen (secondary N) is 2. The van der Waals surface area contributed by atoms with Crippen LogP contribution >= 0.6 is 0 Å². The van der Waals surface area contributed by atoms with E-state index in [0.29, 0.717) is 17.7 Å². The van der Waals surface area contributed by atoms with Crippen LogP contribution in [0.15, 0.2) is 48.5 Å². The second-order valence-corrected chi connectivity index (χ2v) is 8.51. The van der Waals surface area contributed by atoms with E-state index in [4.69, 9.17) is 4.74 Å². The van der Waals surface area contributed by atoms with Crippen molar-refractivity contribution in [2.45, 2.75) is 46.2 Å². The largest absolute Gasteiger partial charge is 0.497 e. The standard InChI is InChI=1S/C25H35N3O3/c1-7-28(8-2)22(20-10-9-11-21(16-20)31-6)17-26-23(29)18-12-14-19(15-13-18)24(30)27-25(3,4)5/h9-16,22H,7-8,17H2,1-6H3,(H,26,29)(H,27,30). The number of nitrogens with zero attached hydrogens (tertiary/aromatic N) is 1. The van der Waals surface area contributed by atoms with Gasteiger partial charge in [0.2, 0.25) is 0 Å². The molecule has 2 rings (SSSR count). The van der Waals surface area contributed by atoms with Crippen LogP contribution in [-0.4, -0.2) is 49.0 Å². The molecule has 0 heterocycles. The maximum Gasteiger partial charge on any atom is 0.251 e. The van der Waals surface area contributed by atoms with Crippen LogP contribution in [0.2, 0.25) is 0 Å². The number of rotatable bonds is 9. The van der Waals surface area contributed by atoms with Crippen molar-refractivity contribution in [3.8, 4) is 5.75 Å². The molecule has 0 radical (unpaired) electrons. The molecule has 2 amide bonds. The average Bonchev–Trinajstić information content (AvgIpc) is 2.75. The van der Waals surface area contributed by atoms with Crippen molar-refractivity contribution >= 4 is 11.8 Å². The van der Waals surface area contributed by atoms with E-state index in [1.807, 2.05) is 39.0 Å². The van der Waals surface area contributed by atoms with Gasteiger partial charge >= 0.3 is 0 Å². The quantitative estimate of drug-likeness (QED) is 0.636. The molecule has 0 aliphatic rings. The van der Waals surface area contributed by atoms with Crippen molar-refractivity contribution in [1.82, 2.24) is 15.5 Å². The summed E-state index contributed by atoms with van der Waals surface area (Å²) in [5.74, 6) is 0.479. The number of methoxy groups -OCH3 is 1. The lowest BCUT2D eigenvalue weighted by molar-refractivity contribution is 0.0912. The number of ether oxygens (including phenoxy) is 1. The smallest absolute Gasteiger partial charge is 0.251 e. The molecule has 0 bridgehead atoms. The predicted octanol–water partition coefficient (Wildman–Crippen LogP) is 4.04. The molecule has 0 saturated carbocycles. The summed E-state index contributed by atoms with van der Waals surface area (Å²) in [6.45, 7) is 12.2. The number of likely N-dealkylation sites (N-methyl/N-ethyl adjacent to an activating group) is 1. The molecule has 2 aromatic carbocycles. The Morgan fingerprint density at radius 1 is 0.968 bits per heavy atom. The summed E-state index contributed by atoms with van der Waals surface area (Å²) >= 11 is 0. The topological polar surface area (TPSA) is 70.7 Å². The van der Waals surface area contributed by atoms with Gasteiger partial charge < -0.3 is 15.4 Å². The van der Waals surface area contributed by atoms with Crippen LogP contribution in [0, 0.1) is 0 Å². The summed E-state index contributed by atoms with van der Waals surface area (Å²) in [6.07, 6.45) is 0. The molecule has 0 saturated heterocycles. The maximum absolute atomic E-state index is 12.8. The number of benzene rings is 2. The molecule has 0 aromatic heterocycles. The highest BCUT2D eigenvalue weighted by atomic mass is 16.5. The highest BCUT2D eigenvalue weighted by Gasteiger charge is 2.20. The zero-order valence-corrected chi connectivity index (χ0v) is 19.5. The lowest BCUT2D eigenvalue weighted by Gasteiger charge is -2.30. The molecule has 31 heavy (non-hydrogen) atoms. The molecule has 0 aliphatic heterocycles. The van der Waals surface area contributed by atoms with Gasteiger partial charge in [0.15, 0.2) is 0 Å². The van der Waals surface area contributed by atoms with E-state index < -0.39 is 0 Å². The first-order valence-corrected chi connectivity index (χ1v) is 10.8. The van der Waals surface area contributed by atoms with Gasteiger partial charge in [0.25, 0.3) is 11.8 Å². The van der Waals surface area contributed by atoms with Crippen LogP contribution in [0.1, 0.15) is 66.9 Å². The summed E-state index contributed by atoms with van der Waals surface area (Å²) < 4.78 is 5.37. The lowest BCUT2D eigenvalue weighted by atomic mass is 10.0. The molecule has 0 spiro atoms. The minimum atomic E-state index is -0.313. The highest BCUT2D eigenvalue weighted by molar-refractivity contribution is 5.98. The number of carbonyl (C=O) groups excluding carboxylic acids is 2.